The third kappa shape index (κ3) is 9.37. The fraction of sp³-hybridized carbons (Fsp3) is 0.800. The van der Waals surface area contributed by atoms with Gasteiger partial charge in [0.1, 0.15) is 0 Å². The summed E-state index contributed by atoms with van der Waals surface area (Å²) in [6, 6.07) is 0.481. The van der Waals surface area contributed by atoms with Gasteiger partial charge in [0.2, 0.25) is 0 Å². The standard InChI is InChI=1S/C20H37N5OS.HI/c1-5-19-24-17(15-27-19)7-8-22-20(21-6-2)23-14-18(13-16(3)4)25-9-11-26-12-10-25;/h15-16,18H,5-14H2,1-4H3,(H2,21,22,23);1H. The predicted octanol–water partition coefficient (Wildman–Crippen LogP) is 3.17. The zero-order valence-corrected chi connectivity index (χ0v) is 21.0. The Labute approximate surface area is 192 Å². The van der Waals surface area contributed by atoms with Crippen LogP contribution in [0.2, 0.25) is 0 Å². The van der Waals surface area contributed by atoms with Crippen LogP contribution < -0.4 is 10.6 Å². The van der Waals surface area contributed by atoms with Crippen molar-refractivity contribution in [3.63, 3.8) is 0 Å². The molecule has 6 nitrogen and oxygen atoms in total. The van der Waals surface area contributed by atoms with Crippen LogP contribution in [0.15, 0.2) is 10.4 Å². The molecule has 1 fully saturated rings. The number of ether oxygens (including phenoxy) is 1. The summed E-state index contributed by atoms with van der Waals surface area (Å²) in [6.07, 6.45) is 3.11. The Bertz CT molecular complexity index is 561. The normalized spacial score (nSPS) is 16.7. The number of aliphatic imine (C=N–C) groups is 1. The Kier molecular flexibility index (Phi) is 13.3. The monoisotopic (exact) mass is 523 g/mol. The summed E-state index contributed by atoms with van der Waals surface area (Å²) in [7, 11) is 0. The van der Waals surface area contributed by atoms with Gasteiger partial charge >= 0.3 is 0 Å². The number of morpholine rings is 1. The van der Waals surface area contributed by atoms with Crippen LogP contribution in [0.1, 0.15) is 44.8 Å². The molecule has 1 aliphatic rings. The first-order chi connectivity index (χ1) is 13.1. The van der Waals surface area contributed by atoms with Gasteiger partial charge in [0.25, 0.3) is 0 Å². The number of aromatic nitrogens is 1. The van der Waals surface area contributed by atoms with E-state index in [0.29, 0.717) is 12.0 Å². The Morgan fingerprint density at radius 2 is 2.04 bits per heavy atom. The fourth-order valence-corrected chi connectivity index (χ4v) is 4.08. The highest BCUT2D eigenvalue weighted by molar-refractivity contribution is 14.0. The van der Waals surface area contributed by atoms with Crippen molar-refractivity contribution in [2.24, 2.45) is 10.9 Å². The van der Waals surface area contributed by atoms with Gasteiger partial charge in [-0.2, -0.15) is 0 Å². The average molecular weight is 524 g/mol. The maximum absolute atomic E-state index is 5.52. The number of hydrogen-bond acceptors (Lipinski definition) is 5. The number of aryl methyl sites for hydroxylation is 1. The van der Waals surface area contributed by atoms with Crippen LogP contribution in [0.5, 0.6) is 0 Å². The highest BCUT2D eigenvalue weighted by Gasteiger charge is 2.21. The van der Waals surface area contributed by atoms with E-state index in [0.717, 1.165) is 64.7 Å². The Balaban J connectivity index is 0.00000392. The molecule has 2 heterocycles. The first-order valence-electron chi connectivity index (χ1n) is 10.4. The number of rotatable bonds is 10. The summed E-state index contributed by atoms with van der Waals surface area (Å²) >= 11 is 1.75. The molecule has 0 bridgehead atoms. The fourth-order valence-electron chi connectivity index (χ4n) is 3.30. The molecule has 1 aromatic heterocycles. The zero-order chi connectivity index (χ0) is 19.5. The van der Waals surface area contributed by atoms with Crippen LogP contribution >= 0.6 is 35.3 Å². The third-order valence-electron chi connectivity index (χ3n) is 4.69. The summed E-state index contributed by atoms with van der Waals surface area (Å²) in [5.41, 5.74) is 1.17. The first kappa shape index (κ1) is 25.6. The lowest BCUT2D eigenvalue weighted by Gasteiger charge is -2.34. The van der Waals surface area contributed by atoms with Crippen LogP contribution in [0.4, 0.5) is 0 Å². The first-order valence-corrected chi connectivity index (χ1v) is 11.3. The van der Waals surface area contributed by atoms with Gasteiger partial charge in [-0.15, -0.1) is 35.3 Å². The molecule has 0 spiro atoms. The molecular weight excluding hydrogens is 485 g/mol. The minimum Gasteiger partial charge on any atom is -0.379 e. The van der Waals surface area contributed by atoms with Crippen molar-refractivity contribution in [1.29, 1.82) is 0 Å². The van der Waals surface area contributed by atoms with Crippen molar-refractivity contribution in [1.82, 2.24) is 20.5 Å². The third-order valence-corrected chi connectivity index (χ3v) is 5.73. The SMILES string of the molecule is CCNC(=NCC(CC(C)C)N1CCOCC1)NCCc1csc(CC)n1.I. The van der Waals surface area contributed by atoms with E-state index in [1.807, 2.05) is 0 Å². The summed E-state index contributed by atoms with van der Waals surface area (Å²) < 4.78 is 5.52. The minimum absolute atomic E-state index is 0. The van der Waals surface area contributed by atoms with Crippen LogP contribution in [0.25, 0.3) is 0 Å². The van der Waals surface area contributed by atoms with Crippen molar-refractivity contribution in [2.75, 3.05) is 45.9 Å². The van der Waals surface area contributed by atoms with Crippen LogP contribution in [-0.4, -0.2) is 67.8 Å². The molecule has 0 saturated carbocycles. The summed E-state index contributed by atoms with van der Waals surface area (Å²) in [5, 5.41) is 10.2. The molecule has 0 aromatic carbocycles. The van der Waals surface area contributed by atoms with Gasteiger partial charge in [-0.05, 0) is 25.7 Å². The van der Waals surface area contributed by atoms with E-state index < -0.39 is 0 Å². The van der Waals surface area contributed by atoms with E-state index in [2.05, 4.69) is 53.6 Å². The average Bonchev–Trinajstić information content (AvgIpc) is 3.13. The van der Waals surface area contributed by atoms with Crippen molar-refractivity contribution in [3.8, 4) is 0 Å². The molecule has 1 unspecified atom stereocenters. The second-order valence-corrected chi connectivity index (χ2v) is 8.36. The molecule has 0 amide bonds. The molecule has 1 aliphatic heterocycles. The highest BCUT2D eigenvalue weighted by atomic mass is 127. The van der Waals surface area contributed by atoms with Crippen molar-refractivity contribution in [2.45, 2.75) is 53.0 Å². The van der Waals surface area contributed by atoms with Crippen molar-refractivity contribution < 1.29 is 4.74 Å². The smallest absolute Gasteiger partial charge is 0.191 e. The quantitative estimate of drug-likeness (QED) is 0.280. The van der Waals surface area contributed by atoms with E-state index in [1.165, 1.54) is 17.1 Å². The van der Waals surface area contributed by atoms with E-state index in [9.17, 15) is 0 Å². The second-order valence-electron chi connectivity index (χ2n) is 7.41. The van der Waals surface area contributed by atoms with Crippen molar-refractivity contribution >= 4 is 41.3 Å². The molecule has 1 aromatic rings. The Morgan fingerprint density at radius 1 is 1.29 bits per heavy atom. The molecule has 162 valence electrons. The van der Waals surface area contributed by atoms with Gasteiger partial charge in [0.05, 0.1) is 30.5 Å². The number of halogens is 1. The lowest BCUT2D eigenvalue weighted by Crippen LogP contribution is -2.46. The van der Waals surface area contributed by atoms with Gasteiger partial charge in [0.15, 0.2) is 5.96 Å². The number of hydrogen-bond donors (Lipinski definition) is 2. The zero-order valence-electron chi connectivity index (χ0n) is 17.9. The van der Waals surface area contributed by atoms with Crippen LogP contribution in [0.3, 0.4) is 0 Å². The molecular formula is C20H38IN5OS. The molecule has 0 aliphatic carbocycles. The minimum atomic E-state index is 0. The Morgan fingerprint density at radius 3 is 2.64 bits per heavy atom. The van der Waals surface area contributed by atoms with Crippen molar-refractivity contribution in [3.05, 3.63) is 16.1 Å². The maximum Gasteiger partial charge on any atom is 0.191 e. The summed E-state index contributed by atoms with van der Waals surface area (Å²) in [5.74, 6) is 1.58. The Hall–Kier alpha value is -0.450. The number of nitrogens with zero attached hydrogens (tertiary/aromatic N) is 3. The molecule has 2 rings (SSSR count). The molecule has 28 heavy (non-hydrogen) atoms. The predicted molar refractivity (Wildman–Crippen MR) is 130 cm³/mol. The largest absolute Gasteiger partial charge is 0.379 e. The summed E-state index contributed by atoms with van der Waals surface area (Å²) in [4.78, 5) is 12.1. The number of thiazole rings is 1. The van der Waals surface area contributed by atoms with E-state index in [-0.39, 0.29) is 24.0 Å². The molecule has 8 heteroatoms. The van der Waals surface area contributed by atoms with Gasteiger partial charge < -0.3 is 15.4 Å². The lowest BCUT2D eigenvalue weighted by atomic mass is 10.0. The highest BCUT2D eigenvalue weighted by Crippen LogP contribution is 2.14. The van der Waals surface area contributed by atoms with Gasteiger partial charge in [0, 0.05) is 44.0 Å². The van der Waals surface area contributed by atoms with Crippen LogP contribution in [0, 0.1) is 5.92 Å². The summed E-state index contributed by atoms with van der Waals surface area (Å²) in [6.45, 7) is 15.1. The molecule has 1 saturated heterocycles. The van der Waals surface area contributed by atoms with Gasteiger partial charge in [-0.25, -0.2) is 4.98 Å². The lowest BCUT2D eigenvalue weighted by molar-refractivity contribution is 0.0143. The van der Waals surface area contributed by atoms with Gasteiger partial charge in [-0.1, -0.05) is 20.8 Å². The molecule has 2 N–H and O–H groups in total. The number of nitrogens with one attached hydrogen (secondary N) is 2. The topological polar surface area (TPSA) is 61.8 Å². The van der Waals surface area contributed by atoms with E-state index in [1.54, 1.807) is 11.3 Å². The van der Waals surface area contributed by atoms with Crippen LogP contribution in [-0.2, 0) is 17.6 Å². The number of guanidine groups is 1. The van der Waals surface area contributed by atoms with E-state index in [4.69, 9.17) is 9.73 Å². The maximum atomic E-state index is 5.52. The second kappa shape index (κ2) is 14.5. The molecule has 0 radical (unpaired) electrons. The van der Waals surface area contributed by atoms with Gasteiger partial charge in [-0.3, -0.25) is 9.89 Å². The van der Waals surface area contributed by atoms with E-state index >= 15 is 0 Å². The molecule has 1 atom stereocenters.